The highest BCUT2D eigenvalue weighted by Crippen LogP contribution is 2.17. The molecule has 0 saturated carbocycles. The first-order chi connectivity index (χ1) is 12.3. The van der Waals surface area contributed by atoms with E-state index in [0.29, 0.717) is 12.3 Å². The summed E-state index contributed by atoms with van der Waals surface area (Å²) in [6, 6.07) is 11.4. The van der Waals surface area contributed by atoms with Gasteiger partial charge >= 0.3 is 0 Å². The molecule has 0 aliphatic heterocycles. The molecule has 2 heterocycles. The molecule has 1 N–H and O–H groups in total. The molecule has 0 aliphatic carbocycles. The van der Waals surface area contributed by atoms with Gasteiger partial charge in [0.05, 0.1) is 5.69 Å². The second kappa shape index (κ2) is 9.19. The number of hydrogen-bond donors (Lipinski definition) is 1. The van der Waals surface area contributed by atoms with Crippen molar-refractivity contribution < 1.29 is 9.53 Å². The fraction of sp³-hybridized carbons (Fsp3) is 0.250. The number of carbonyl (C=O) groups is 1. The molecule has 9 heteroatoms. The van der Waals surface area contributed by atoms with Crippen LogP contribution in [0.25, 0.3) is 5.69 Å². The SMILES string of the molecule is O=C(COc1cccc(-n2cnnn2)c1)NCCSCc1cccs1. The van der Waals surface area contributed by atoms with Crippen LogP contribution in [-0.4, -0.2) is 45.0 Å². The quantitative estimate of drug-likeness (QED) is 0.577. The summed E-state index contributed by atoms with van der Waals surface area (Å²) in [6.45, 7) is 0.609. The first kappa shape index (κ1) is 17.4. The molecule has 0 radical (unpaired) electrons. The Morgan fingerprint density at radius 2 is 2.28 bits per heavy atom. The molecule has 3 rings (SSSR count). The van der Waals surface area contributed by atoms with Crippen LogP contribution in [0.2, 0.25) is 0 Å². The van der Waals surface area contributed by atoms with Crippen LogP contribution in [-0.2, 0) is 10.5 Å². The van der Waals surface area contributed by atoms with Crippen molar-refractivity contribution in [2.75, 3.05) is 18.9 Å². The molecule has 0 bridgehead atoms. The summed E-state index contributed by atoms with van der Waals surface area (Å²) in [6.07, 6.45) is 1.50. The summed E-state index contributed by atoms with van der Waals surface area (Å²) in [7, 11) is 0. The van der Waals surface area contributed by atoms with Gasteiger partial charge in [0.25, 0.3) is 5.91 Å². The summed E-state index contributed by atoms with van der Waals surface area (Å²) in [5, 5.41) is 15.9. The van der Waals surface area contributed by atoms with Crippen molar-refractivity contribution in [1.82, 2.24) is 25.5 Å². The fourth-order valence-electron chi connectivity index (χ4n) is 2.03. The first-order valence-electron chi connectivity index (χ1n) is 7.64. The molecule has 25 heavy (non-hydrogen) atoms. The van der Waals surface area contributed by atoms with Gasteiger partial charge in [-0.25, -0.2) is 4.68 Å². The van der Waals surface area contributed by atoms with Gasteiger partial charge in [0, 0.05) is 29.0 Å². The van der Waals surface area contributed by atoms with E-state index in [-0.39, 0.29) is 12.5 Å². The Labute approximate surface area is 153 Å². The van der Waals surface area contributed by atoms with E-state index in [1.54, 1.807) is 35.2 Å². The Morgan fingerprint density at radius 3 is 3.08 bits per heavy atom. The molecule has 0 aliphatic rings. The lowest BCUT2D eigenvalue weighted by atomic mass is 10.3. The molecule has 1 amide bonds. The highest BCUT2D eigenvalue weighted by Gasteiger charge is 2.04. The largest absolute Gasteiger partial charge is 0.484 e. The minimum absolute atomic E-state index is 0.0192. The molecular weight excluding hydrogens is 358 g/mol. The van der Waals surface area contributed by atoms with Crippen LogP contribution >= 0.6 is 23.1 Å². The van der Waals surface area contributed by atoms with Crippen molar-refractivity contribution >= 4 is 29.0 Å². The van der Waals surface area contributed by atoms with Crippen LogP contribution < -0.4 is 10.1 Å². The molecule has 0 fully saturated rings. The summed E-state index contributed by atoms with van der Waals surface area (Å²) in [5.41, 5.74) is 0.771. The smallest absolute Gasteiger partial charge is 0.257 e. The van der Waals surface area contributed by atoms with Gasteiger partial charge in [0.1, 0.15) is 12.1 Å². The maximum Gasteiger partial charge on any atom is 0.257 e. The second-order valence-electron chi connectivity index (χ2n) is 5.02. The molecule has 0 atom stereocenters. The average molecular weight is 375 g/mol. The number of amides is 1. The number of thioether (sulfide) groups is 1. The zero-order chi connectivity index (χ0) is 17.3. The molecule has 130 valence electrons. The Hall–Kier alpha value is -2.39. The predicted octanol–water partition coefficient (Wildman–Crippen LogP) is 2.15. The number of tetrazole rings is 1. The molecule has 0 spiro atoms. The van der Waals surface area contributed by atoms with E-state index in [1.807, 2.05) is 18.2 Å². The number of ether oxygens (including phenoxy) is 1. The summed E-state index contributed by atoms with van der Waals surface area (Å²) >= 11 is 3.55. The Kier molecular flexibility index (Phi) is 6.41. The van der Waals surface area contributed by atoms with Crippen molar-refractivity contribution in [3.63, 3.8) is 0 Å². The number of thiophene rings is 1. The molecular formula is C16H17N5O2S2. The third-order valence-electron chi connectivity index (χ3n) is 3.19. The monoisotopic (exact) mass is 375 g/mol. The highest BCUT2D eigenvalue weighted by molar-refractivity contribution is 7.98. The zero-order valence-corrected chi connectivity index (χ0v) is 15.0. The van der Waals surface area contributed by atoms with Gasteiger partial charge in [-0.3, -0.25) is 4.79 Å². The van der Waals surface area contributed by atoms with Crippen molar-refractivity contribution in [3.05, 3.63) is 53.0 Å². The molecule has 7 nitrogen and oxygen atoms in total. The highest BCUT2D eigenvalue weighted by atomic mass is 32.2. The lowest BCUT2D eigenvalue weighted by molar-refractivity contribution is -0.122. The number of benzene rings is 1. The van der Waals surface area contributed by atoms with Gasteiger partial charge in [0.2, 0.25) is 0 Å². The molecule has 0 saturated heterocycles. The number of aromatic nitrogens is 4. The van der Waals surface area contributed by atoms with Crippen LogP contribution in [0.3, 0.4) is 0 Å². The van der Waals surface area contributed by atoms with E-state index < -0.39 is 0 Å². The average Bonchev–Trinajstić information content (AvgIpc) is 3.34. The van der Waals surface area contributed by atoms with Gasteiger partial charge in [-0.05, 0) is 34.0 Å². The van der Waals surface area contributed by atoms with Gasteiger partial charge in [-0.1, -0.05) is 12.1 Å². The Bertz CT molecular complexity index is 778. The Morgan fingerprint density at radius 1 is 1.32 bits per heavy atom. The minimum atomic E-state index is -0.135. The normalized spacial score (nSPS) is 10.6. The van der Waals surface area contributed by atoms with Crippen LogP contribution in [0, 0.1) is 0 Å². The number of nitrogens with zero attached hydrogens (tertiary/aromatic N) is 4. The molecule has 1 aromatic carbocycles. The first-order valence-corrected chi connectivity index (χ1v) is 9.68. The van der Waals surface area contributed by atoms with Gasteiger partial charge in [0.15, 0.2) is 6.61 Å². The number of hydrogen-bond acceptors (Lipinski definition) is 7. The van der Waals surface area contributed by atoms with Crippen molar-refractivity contribution in [1.29, 1.82) is 0 Å². The maximum absolute atomic E-state index is 11.8. The Balaban J connectivity index is 1.35. The fourth-order valence-corrected chi connectivity index (χ4v) is 3.72. The molecule has 3 aromatic rings. The summed E-state index contributed by atoms with van der Waals surface area (Å²) in [5.74, 6) is 2.31. The van der Waals surface area contributed by atoms with Crippen molar-refractivity contribution in [2.45, 2.75) is 5.75 Å². The number of carbonyl (C=O) groups excluding carboxylic acids is 1. The van der Waals surface area contributed by atoms with Crippen molar-refractivity contribution in [2.24, 2.45) is 0 Å². The van der Waals surface area contributed by atoms with Crippen LogP contribution in [0.1, 0.15) is 4.88 Å². The van der Waals surface area contributed by atoms with Gasteiger partial charge < -0.3 is 10.1 Å². The number of rotatable bonds is 9. The van der Waals surface area contributed by atoms with Crippen molar-refractivity contribution in [3.8, 4) is 11.4 Å². The third-order valence-corrected chi connectivity index (χ3v) is 5.26. The van der Waals surface area contributed by atoms with E-state index in [1.165, 1.54) is 15.9 Å². The van der Waals surface area contributed by atoms with Crippen LogP contribution in [0.5, 0.6) is 5.75 Å². The topological polar surface area (TPSA) is 81.9 Å². The van der Waals surface area contributed by atoms with E-state index in [4.69, 9.17) is 4.74 Å². The van der Waals surface area contributed by atoms with E-state index >= 15 is 0 Å². The predicted molar refractivity (Wildman–Crippen MR) is 98.1 cm³/mol. The molecule has 2 aromatic heterocycles. The maximum atomic E-state index is 11.8. The van der Waals surface area contributed by atoms with Gasteiger partial charge in [-0.15, -0.1) is 16.4 Å². The summed E-state index contributed by atoms with van der Waals surface area (Å²) < 4.78 is 7.05. The standard InChI is InChI=1S/C16H17N5O2S2/c22-16(17-6-8-24-11-15-5-2-7-25-15)10-23-14-4-1-3-13(9-14)21-12-18-19-20-21/h1-5,7,9,12H,6,8,10-11H2,(H,17,22). The van der Waals surface area contributed by atoms with E-state index in [0.717, 1.165) is 17.2 Å². The third kappa shape index (κ3) is 5.57. The van der Waals surface area contributed by atoms with Gasteiger partial charge in [-0.2, -0.15) is 11.8 Å². The second-order valence-corrected chi connectivity index (χ2v) is 7.16. The molecule has 0 unspecified atom stereocenters. The zero-order valence-electron chi connectivity index (χ0n) is 13.4. The minimum Gasteiger partial charge on any atom is -0.484 e. The lowest BCUT2D eigenvalue weighted by Gasteiger charge is -2.08. The van der Waals surface area contributed by atoms with Crippen LogP contribution in [0.4, 0.5) is 0 Å². The van der Waals surface area contributed by atoms with Crippen LogP contribution in [0.15, 0.2) is 48.1 Å². The van der Waals surface area contributed by atoms with E-state index in [2.05, 4.69) is 32.3 Å². The number of nitrogens with one attached hydrogen (secondary N) is 1. The van der Waals surface area contributed by atoms with E-state index in [9.17, 15) is 4.79 Å². The lowest BCUT2D eigenvalue weighted by Crippen LogP contribution is -2.30. The summed E-state index contributed by atoms with van der Waals surface area (Å²) in [4.78, 5) is 13.2.